The Morgan fingerprint density at radius 1 is 1.21 bits per heavy atom. The summed E-state index contributed by atoms with van der Waals surface area (Å²) in [6.07, 6.45) is 2.24. The van der Waals surface area contributed by atoms with Crippen LogP contribution in [-0.2, 0) is 16.4 Å². The molecule has 2 aromatic carbocycles. The quantitative estimate of drug-likeness (QED) is 0.869. The zero-order valence-corrected chi connectivity index (χ0v) is 14.3. The zero-order chi connectivity index (χ0) is 17.3. The number of aromatic carboxylic acids is 1. The Kier molecular flexibility index (Phi) is 4.62. The van der Waals surface area contributed by atoms with Crippen LogP contribution in [0.25, 0.3) is 0 Å². The van der Waals surface area contributed by atoms with Gasteiger partial charge in [0.25, 0.3) is 0 Å². The van der Waals surface area contributed by atoms with Crippen molar-refractivity contribution < 1.29 is 18.3 Å². The van der Waals surface area contributed by atoms with Gasteiger partial charge in [-0.1, -0.05) is 29.8 Å². The van der Waals surface area contributed by atoms with E-state index in [0.717, 1.165) is 24.0 Å². The van der Waals surface area contributed by atoms with Crippen LogP contribution < -0.4 is 4.72 Å². The van der Waals surface area contributed by atoms with Crippen molar-refractivity contribution in [3.8, 4) is 0 Å². The van der Waals surface area contributed by atoms with E-state index in [9.17, 15) is 13.2 Å². The standard InChI is InChI=1S/C17H16ClNO4S/c18-14-5-1-2-7-16(14)24(22,23)19-15-6-3-4-11-8-9-12(17(20)21)10-13(11)15/h1-2,5,7-10,15,19H,3-4,6H2,(H,20,21). The number of hydrogen-bond acceptors (Lipinski definition) is 3. The molecule has 126 valence electrons. The third kappa shape index (κ3) is 3.31. The normalized spacial score (nSPS) is 17.3. The topological polar surface area (TPSA) is 83.5 Å². The minimum absolute atomic E-state index is 0.0215. The van der Waals surface area contributed by atoms with Crippen molar-refractivity contribution in [1.82, 2.24) is 4.72 Å². The summed E-state index contributed by atoms with van der Waals surface area (Å²) in [6, 6.07) is 10.6. The van der Waals surface area contributed by atoms with Crippen LogP contribution in [0.4, 0.5) is 0 Å². The summed E-state index contributed by atoms with van der Waals surface area (Å²) in [7, 11) is -3.80. The second-order valence-electron chi connectivity index (χ2n) is 5.72. The van der Waals surface area contributed by atoms with E-state index in [0.29, 0.717) is 6.42 Å². The van der Waals surface area contributed by atoms with Crippen molar-refractivity contribution in [3.05, 3.63) is 64.2 Å². The van der Waals surface area contributed by atoms with Gasteiger partial charge in [-0.05, 0) is 54.7 Å². The Labute approximate surface area is 145 Å². The molecule has 0 aliphatic heterocycles. The Balaban J connectivity index is 1.97. The molecular weight excluding hydrogens is 350 g/mol. The van der Waals surface area contributed by atoms with E-state index in [1.807, 2.05) is 0 Å². The third-order valence-corrected chi connectivity index (χ3v) is 6.10. The fraction of sp³-hybridized carbons (Fsp3) is 0.235. The van der Waals surface area contributed by atoms with Gasteiger partial charge in [0.2, 0.25) is 10.0 Å². The summed E-state index contributed by atoms with van der Waals surface area (Å²) in [5.74, 6) is -1.03. The Morgan fingerprint density at radius 2 is 1.96 bits per heavy atom. The van der Waals surface area contributed by atoms with E-state index in [-0.39, 0.29) is 15.5 Å². The van der Waals surface area contributed by atoms with Gasteiger partial charge in [-0.3, -0.25) is 0 Å². The van der Waals surface area contributed by atoms with Gasteiger partial charge in [0.05, 0.1) is 10.6 Å². The molecule has 2 aromatic rings. The fourth-order valence-electron chi connectivity index (χ4n) is 2.97. The van der Waals surface area contributed by atoms with Crippen LogP contribution in [0.15, 0.2) is 47.4 Å². The van der Waals surface area contributed by atoms with E-state index in [1.54, 1.807) is 30.3 Å². The van der Waals surface area contributed by atoms with Crippen molar-refractivity contribution in [2.24, 2.45) is 0 Å². The lowest BCUT2D eigenvalue weighted by Gasteiger charge is -2.26. The third-order valence-electron chi connectivity index (χ3n) is 4.13. The summed E-state index contributed by atoms with van der Waals surface area (Å²) < 4.78 is 27.9. The lowest BCUT2D eigenvalue weighted by molar-refractivity contribution is 0.0696. The Morgan fingerprint density at radius 3 is 2.67 bits per heavy atom. The first kappa shape index (κ1) is 17.0. The fourth-order valence-corrected chi connectivity index (χ4v) is 4.74. The first-order chi connectivity index (χ1) is 11.4. The molecular formula is C17H16ClNO4S. The maximum absolute atomic E-state index is 12.6. The predicted octanol–water partition coefficient (Wildman–Crippen LogP) is 3.39. The number of benzene rings is 2. The van der Waals surface area contributed by atoms with Crippen LogP contribution in [0.3, 0.4) is 0 Å². The summed E-state index contributed by atoms with van der Waals surface area (Å²) in [5.41, 5.74) is 1.84. The Bertz CT molecular complexity index is 895. The molecule has 0 heterocycles. The van der Waals surface area contributed by atoms with E-state index in [2.05, 4.69) is 4.72 Å². The molecule has 0 spiro atoms. The smallest absolute Gasteiger partial charge is 0.335 e. The number of halogens is 1. The molecule has 1 aliphatic carbocycles. The number of rotatable bonds is 4. The van der Waals surface area contributed by atoms with Crippen LogP contribution in [0, 0.1) is 0 Å². The summed E-state index contributed by atoms with van der Waals surface area (Å²) >= 11 is 6.00. The van der Waals surface area contributed by atoms with Crippen LogP contribution in [0.2, 0.25) is 5.02 Å². The molecule has 0 bridgehead atoms. The van der Waals surface area contributed by atoms with E-state index >= 15 is 0 Å². The molecule has 0 radical (unpaired) electrons. The molecule has 1 aliphatic rings. The zero-order valence-electron chi connectivity index (χ0n) is 12.7. The lowest BCUT2D eigenvalue weighted by atomic mass is 9.87. The average molecular weight is 366 g/mol. The van der Waals surface area contributed by atoms with Crippen molar-refractivity contribution in [1.29, 1.82) is 0 Å². The molecule has 0 aromatic heterocycles. The number of carboxylic acids is 1. The molecule has 0 saturated carbocycles. The molecule has 5 nitrogen and oxygen atoms in total. The van der Waals surface area contributed by atoms with Gasteiger partial charge in [0.15, 0.2) is 0 Å². The van der Waals surface area contributed by atoms with E-state index < -0.39 is 22.0 Å². The first-order valence-corrected chi connectivity index (χ1v) is 9.37. The van der Waals surface area contributed by atoms with Gasteiger partial charge in [-0.2, -0.15) is 0 Å². The number of aryl methyl sites for hydroxylation is 1. The second kappa shape index (κ2) is 6.55. The van der Waals surface area contributed by atoms with E-state index in [4.69, 9.17) is 16.7 Å². The highest BCUT2D eigenvalue weighted by molar-refractivity contribution is 7.89. The monoisotopic (exact) mass is 365 g/mol. The highest BCUT2D eigenvalue weighted by atomic mass is 35.5. The SMILES string of the molecule is O=C(O)c1ccc2c(c1)C(NS(=O)(=O)c1ccccc1Cl)CCC2. The van der Waals surface area contributed by atoms with Crippen molar-refractivity contribution in [2.45, 2.75) is 30.2 Å². The second-order valence-corrected chi connectivity index (χ2v) is 7.80. The number of nitrogens with one attached hydrogen (secondary N) is 1. The summed E-state index contributed by atoms with van der Waals surface area (Å²) in [5, 5.41) is 9.32. The van der Waals surface area contributed by atoms with Crippen LogP contribution in [-0.4, -0.2) is 19.5 Å². The van der Waals surface area contributed by atoms with Crippen LogP contribution >= 0.6 is 11.6 Å². The predicted molar refractivity (Wildman–Crippen MR) is 90.9 cm³/mol. The van der Waals surface area contributed by atoms with Crippen LogP contribution in [0.1, 0.15) is 40.4 Å². The van der Waals surface area contributed by atoms with Crippen molar-refractivity contribution in [3.63, 3.8) is 0 Å². The minimum atomic E-state index is -3.80. The van der Waals surface area contributed by atoms with Gasteiger partial charge in [0.1, 0.15) is 4.90 Å². The van der Waals surface area contributed by atoms with Gasteiger partial charge in [0, 0.05) is 6.04 Å². The number of hydrogen-bond donors (Lipinski definition) is 2. The van der Waals surface area contributed by atoms with Crippen molar-refractivity contribution in [2.75, 3.05) is 0 Å². The molecule has 0 amide bonds. The maximum Gasteiger partial charge on any atom is 0.335 e. The summed E-state index contributed by atoms with van der Waals surface area (Å²) in [6.45, 7) is 0. The molecule has 1 atom stereocenters. The molecule has 3 rings (SSSR count). The van der Waals surface area contributed by atoms with Gasteiger partial charge in [-0.25, -0.2) is 17.9 Å². The van der Waals surface area contributed by atoms with Crippen molar-refractivity contribution >= 4 is 27.6 Å². The number of carbonyl (C=O) groups is 1. The van der Waals surface area contributed by atoms with Gasteiger partial charge in [-0.15, -0.1) is 0 Å². The largest absolute Gasteiger partial charge is 0.478 e. The van der Waals surface area contributed by atoms with Gasteiger partial charge >= 0.3 is 5.97 Å². The molecule has 1 unspecified atom stereocenters. The maximum atomic E-state index is 12.6. The molecule has 24 heavy (non-hydrogen) atoms. The molecule has 7 heteroatoms. The highest BCUT2D eigenvalue weighted by Crippen LogP contribution is 2.32. The summed E-state index contributed by atoms with van der Waals surface area (Å²) in [4.78, 5) is 11.2. The molecule has 2 N–H and O–H groups in total. The molecule has 0 fully saturated rings. The lowest BCUT2D eigenvalue weighted by Crippen LogP contribution is -2.31. The van der Waals surface area contributed by atoms with Gasteiger partial charge < -0.3 is 5.11 Å². The van der Waals surface area contributed by atoms with Crippen LogP contribution in [0.5, 0.6) is 0 Å². The number of sulfonamides is 1. The first-order valence-electron chi connectivity index (χ1n) is 7.51. The number of fused-ring (bicyclic) bond motifs is 1. The highest BCUT2D eigenvalue weighted by Gasteiger charge is 2.27. The Hall–Kier alpha value is -1.89. The molecule has 0 saturated heterocycles. The number of carboxylic acid groups (broad SMARTS) is 1. The van der Waals surface area contributed by atoms with E-state index in [1.165, 1.54) is 12.1 Å². The minimum Gasteiger partial charge on any atom is -0.478 e. The average Bonchev–Trinajstić information content (AvgIpc) is 2.54.